The summed E-state index contributed by atoms with van der Waals surface area (Å²) < 4.78 is 1.85. The van der Waals surface area contributed by atoms with Crippen molar-refractivity contribution in [2.75, 3.05) is 0 Å². The largest absolute Gasteiger partial charge is 0.325 e. The number of aryl methyl sites for hydroxylation is 2. The first-order chi connectivity index (χ1) is 6.22. The summed E-state index contributed by atoms with van der Waals surface area (Å²) in [5.74, 6) is 0. The van der Waals surface area contributed by atoms with E-state index >= 15 is 0 Å². The zero-order valence-corrected chi connectivity index (χ0v) is 7.91. The Morgan fingerprint density at radius 3 is 2.92 bits per heavy atom. The van der Waals surface area contributed by atoms with Gasteiger partial charge < -0.3 is 5.73 Å². The molecule has 0 spiro atoms. The fourth-order valence-electron chi connectivity index (χ4n) is 1.61. The zero-order chi connectivity index (χ0) is 9.42. The van der Waals surface area contributed by atoms with Gasteiger partial charge in [0.25, 0.3) is 0 Å². The predicted octanol–water partition coefficient (Wildman–Crippen LogP) is 1.34. The van der Waals surface area contributed by atoms with Gasteiger partial charge in [0.05, 0.1) is 11.2 Å². The fourth-order valence-corrected chi connectivity index (χ4v) is 1.61. The van der Waals surface area contributed by atoms with E-state index in [1.807, 2.05) is 17.8 Å². The second-order valence-electron chi connectivity index (χ2n) is 3.30. The molecule has 0 amide bonds. The Morgan fingerprint density at radius 1 is 1.46 bits per heavy atom. The molecule has 1 heterocycles. The lowest BCUT2D eigenvalue weighted by Gasteiger charge is -1.97. The molecule has 0 aliphatic heterocycles. The Kier molecular flexibility index (Phi) is 1.81. The summed E-state index contributed by atoms with van der Waals surface area (Å²) in [7, 11) is 1.93. The summed E-state index contributed by atoms with van der Waals surface area (Å²) in [6.45, 7) is 2.61. The van der Waals surface area contributed by atoms with Crippen LogP contribution in [0.5, 0.6) is 0 Å². The number of aromatic nitrogens is 2. The predicted molar refractivity (Wildman–Crippen MR) is 53.3 cm³/mol. The van der Waals surface area contributed by atoms with Crippen molar-refractivity contribution in [3.63, 3.8) is 0 Å². The number of rotatable bonds is 1. The van der Waals surface area contributed by atoms with Crippen molar-refractivity contribution in [3.05, 3.63) is 29.5 Å². The Labute approximate surface area is 77.2 Å². The molecule has 68 valence electrons. The molecular formula is C10H13N3. The minimum atomic E-state index is 0.538. The molecule has 2 N–H and O–H groups in total. The smallest absolute Gasteiger partial charge is 0.0926 e. The van der Waals surface area contributed by atoms with Gasteiger partial charge in [-0.15, -0.1) is 0 Å². The average Bonchev–Trinajstić information content (AvgIpc) is 2.40. The minimum Gasteiger partial charge on any atom is -0.325 e. The Hall–Kier alpha value is -1.35. The van der Waals surface area contributed by atoms with E-state index in [1.165, 1.54) is 10.9 Å². The summed E-state index contributed by atoms with van der Waals surface area (Å²) in [4.78, 5) is 0. The number of hydrogen-bond acceptors (Lipinski definition) is 2. The van der Waals surface area contributed by atoms with E-state index in [9.17, 15) is 0 Å². The van der Waals surface area contributed by atoms with E-state index in [0.717, 1.165) is 11.2 Å². The molecular weight excluding hydrogens is 162 g/mol. The number of hydrogen-bond donors (Lipinski definition) is 1. The van der Waals surface area contributed by atoms with Crippen LogP contribution in [0.4, 0.5) is 0 Å². The van der Waals surface area contributed by atoms with Crippen LogP contribution < -0.4 is 5.73 Å². The summed E-state index contributed by atoms with van der Waals surface area (Å²) >= 11 is 0. The maximum Gasteiger partial charge on any atom is 0.0926 e. The lowest BCUT2D eigenvalue weighted by Crippen LogP contribution is -2.04. The van der Waals surface area contributed by atoms with Crippen LogP contribution in [0, 0.1) is 6.92 Å². The van der Waals surface area contributed by atoms with Crippen LogP contribution in [-0.2, 0) is 13.6 Å². The lowest BCUT2D eigenvalue weighted by molar-refractivity contribution is 0.722. The van der Waals surface area contributed by atoms with Gasteiger partial charge in [-0.3, -0.25) is 4.68 Å². The van der Waals surface area contributed by atoms with Crippen molar-refractivity contribution in [1.29, 1.82) is 0 Å². The van der Waals surface area contributed by atoms with E-state index in [2.05, 4.69) is 24.2 Å². The highest BCUT2D eigenvalue weighted by molar-refractivity contribution is 5.82. The second kappa shape index (κ2) is 2.85. The number of benzene rings is 1. The number of nitrogens with two attached hydrogens (primary N) is 1. The topological polar surface area (TPSA) is 43.8 Å². The molecule has 2 aromatic rings. The van der Waals surface area contributed by atoms with Crippen LogP contribution >= 0.6 is 0 Å². The molecule has 0 aliphatic rings. The highest BCUT2D eigenvalue weighted by Crippen LogP contribution is 2.18. The monoisotopic (exact) mass is 175 g/mol. The van der Waals surface area contributed by atoms with E-state index in [-0.39, 0.29) is 0 Å². The zero-order valence-electron chi connectivity index (χ0n) is 7.91. The third kappa shape index (κ3) is 1.21. The van der Waals surface area contributed by atoms with E-state index in [0.29, 0.717) is 6.54 Å². The third-order valence-corrected chi connectivity index (χ3v) is 2.30. The van der Waals surface area contributed by atoms with Gasteiger partial charge in [-0.1, -0.05) is 11.6 Å². The van der Waals surface area contributed by atoms with Crippen molar-refractivity contribution in [3.8, 4) is 0 Å². The number of fused-ring (bicyclic) bond motifs is 1. The van der Waals surface area contributed by atoms with E-state index in [4.69, 9.17) is 5.73 Å². The molecule has 0 aliphatic carbocycles. The van der Waals surface area contributed by atoms with E-state index < -0.39 is 0 Å². The average molecular weight is 175 g/mol. The number of nitrogens with zero attached hydrogens (tertiary/aromatic N) is 2. The van der Waals surface area contributed by atoms with Gasteiger partial charge in [-0.25, -0.2) is 0 Å². The molecule has 0 unspecified atom stereocenters. The van der Waals surface area contributed by atoms with Crippen LogP contribution in [0.3, 0.4) is 0 Å². The molecule has 2 rings (SSSR count). The van der Waals surface area contributed by atoms with Gasteiger partial charge in [-0.05, 0) is 19.1 Å². The molecule has 3 heteroatoms. The maximum atomic E-state index is 5.65. The van der Waals surface area contributed by atoms with Gasteiger partial charge >= 0.3 is 0 Å². The molecule has 0 saturated heterocycles. The van der Waals surface area contributed by atoms with Crippen molar-refractivity contribution in [2.45, 2.75) is 13.5 Å². The molecule has 1 aromatic heterocycles. The van der Waals surface area contributed by atoms with Crippen molar-refractivity contribution < 1.29 is 0 Å². The first-order valence-electron chi connectivity index (χ1n) is 4.34. The van der Waals surface area contributed by atoms with Crippen LogP contribution in [0.2, 0.25) is 0 Å². The third-order valence-electron chi connectivity index (χ3n) is 2.30. The second-order valence-corrected chi connectivity index (χ2v) is 3.30. The Balaban J connectivity index is 2.80. The quantitative estimate of drug-likeness (QED) is 0.710. The standard InChI is InChI=1S/C10H13N3/c1-7-3-4-9-8(5-7)10(6-11)13(2)12-9/h3-5H,6,11H2,1-2H3. The Bertz CT molecular complexity index is 443. The first-order valence-corrected chi connectivity index (χ1v) is 4.34. The van der Waals surface area contributed by atoms with Crippen molar-refractivity contribution in [1.82, 2.24) is 9.78 Å². The lowest BCUT2D eigenvalue weighted by atomic mass is 10.1. The van der Waals surface area contributed by atoms with Gasteiger partial charge in [0.15, 0.2) is 0 Å². The highest BCUT2D eigenvalue weighted by Gasteiger charge is 2.06. The summed E-state index contributed by atoms with van der Waals surface area (Å²) in [5.41, 5.74) is 9.01. The van der Waals surface area contributed by atoms with Crippen LogP contribution in [0.15, 0.2) is 18.2 Å². The van der Waals surface area contributed by atoms with Gasteiger partial charge in [0.2, 0.25) is 0 Å². The van der Waals surface area contributed by atoms with Crippen LogP contribution in [0.25, 0.3) is 10.9 Å². The molecule has 0 bridgehead atoms. The van der Waals surface area contributed by atoms with Crippen LogP contribution in [-0.4, -0.2) is 9.78 Å². The van der Waals surface area contributed by atoms with Crippen molar-refractivity contribution >= 4 is 10.9 Å². The normalized spacial score (nSPS) is 11.0. The molecule has 0 atom stereocenters. The highest BCUT2D eigenvalue weighted by atomic mass is 15.3. The molecule has 0 saturated carbocycles. The summed E-state index contributed by atoms with van der Waals surface area (Å²) in [6, 6.07) is 6.23. The molecule has 1 aromatic carbocycles. The van der Waals surface area contributed by atoms with Crippen molar-refractivity contribution in [2.24, 2.45) is 12.8 Å². The van der Waals surface area contributed by atoms with Crippen LogP contribution in [0.1, 0.15) is 11.3 Å². The SMILES string of the molecule is Cc1ccc2nn(C)c(CN)c2c1. The van der Waals surface area contributed by atoms with Gasteiger partial charge in [-0.2, -0.15) is 5.10 Å². The maximum absolute atomic E-state index is 5.65. The Morgan fingerprint density at radius 2 is 2.23 bits per heavy atom. The van der Waals surface area contributed by atoms with Gasteiger partial charge in [0.1, 0.15) is 0 Å². The molecule has 0 radical (unpaired) electrons. The molecule has 3 nitrogen and oxygen atoms in total. The molecule has 13 heavy (non-hydrogen) atoms. The minimum absolute atomic E-state index is 0.538. The van der Waals surface area contributed by atoms with E-state index in [1.54, 1.807) is 0 Å². The summed E-state index contributed by atoms with van der Waals surface area (Å²) in [5, 5.41) is 5.53. The first kappa shape index (κ1) is 8.26. The fraction of sp³-hybridized carbons (Fsp3) is 0.300. The molecule has 0 fully saturated rings. The summed E-state index contributed by atoms with van der Waals surface area (Å²) in [6.07, 6.45) is 0. The van der Waals surface area contributed by atoms with Gasteiger partial charge in [0, 0.05) is 19.0 Å².